The van der Waals surface area contributed by atoms with Crippen molar-refractivity contribution in [2.45, 2.75) is 27.2 Å². The first-order valence-corrected chi connectivity index (χ1v) is 9.77. The number of nitrogens with one attached hydrogen (secondary N) is 3. The Hall–Kier alpha value is -3.06. The van der Waals surface area contributed by atoms with Crippen LogP contribution in [0.15, 0.2) is 42.5 Å². The van der Waals surface area contributed by atoms with Crippen molar-refractivity contribution in [3.8, 4) is 5.75 Å². The SMILES string of the molecule is CCOCCOc1ccc(NCC(=O)Nc2cccc(NC(=O)CC)c2C)cc1. The second kappa shape index (κ2) is 11.7. The molecule has 2 amide bonds. The van der Waals surface area contributed by atoms with Gasteiger partial charge in [-0.1, -0.05) is 13.0 Å². The maximum absolute atomic E-state index is 12.3. The molecule has 156 valence electrons. The maximum atomic E-state index is 12.3. The molecule has 0 radical (unpaired) electrons. The summed E-state index contributed by atoms with van der Waals surface area (Å²) in [6, 6.07) is 12.8. The molecule has 0 aliphatic heterocycles. The van der Waals surface area contributed by atoms with Gasteiger partial charge in [0, 0.05) is 30.1 Å². The number of hydrogen-bond donors (Lipinski definition) is 3. The minimum absolute atomic E-state index is 0.0661. The number of anilines is 3. The number of benzene rings is 2. The van der Waals surface area contributed by atoms with Crippen molar-refractivity contribution in [2.75, 3.05) is 42.3 Å². The van der Waals surface area contributed by atoms with Crippen molar-refractivity contribution in [3.63, 3.8) is 0 Å². The maximum Gasteiger partial charge on any atom is 0.243 e. The van der Waals surface area contributed by atoms with Crippen LogP contribution in [0.2, 0.25) is 0 Å². The highest BCUT2D eigenvalue weighted by Gasteiger charge is 2.09. The van der Waals surface area contributed by atoms with Crippen molar-refractivity contribution in [2.24, 2.45) is 0 Å². The van der Waals surface area contributed by atoms with Gasteiger partial charge in [-0.3, -0.25) is 9.59 Å². The standard InChI is InChI=1S/C22H29N3O4/c1-4-21(26)24-19-7-6-8-20(16(19)3)25-22(27)15-23-17-9-11-18(12-10-17)29-14-13-28-5-2/h6-12,23H,4-5,13-15H2,1-3H3,(H,24,26)(H,25,27). The molecule has 0 unspecified atom stereocenters. The summed E-state index contributed by atoms with van der Waals surface area (Å²) in [5.74, 6) is 0.508. The Balaban J connectivity index is 1.84. The van der Waals surface area contributed by atoms with Gasteiger partial charge in [-0.2, -0.15) is 0 Å². The Morgan fingerprint density at radius 1 is 0.897 bits per heavy atom. The van der Waals surface area contributed by atoms with Crippen LogP contribution in [0.3, 0.4) is 0 Å². The Bertz CT molecular complexity index is 806. The predicted octanol–water partition coefficient (Wildman–Crippen LogP) is 3.81. The summed E-state index contributed by atoms with van der Waals surface area (Å²) in [5.41, 5.74) is 3.00. The zero-order valence-corrected chi connectivity index (χ0v) is 17.2. The Kier molecular flexibility index (Phi) is 8.98. The van der Waals surface area contributed by atoms with Crippen LogP contribution in [0.4, 0.5) is 17.1 Å². The van der Waals surface area contributed by atoms with Gasteiger partial charge in [0.1, 0.15) is 12.4 Å². The van der Waals surface area contributed by atoms with E-state index in [1.807, 2.05) is 50.2 Å². The highest BCUT2D eigenvalue weighted by molar-refractivity contribution is 5.97. The lowest BCUT2D eigenvalue weighted by molar-refractivity contribution is -0.116. The molecule has 2 aromatic carbocycles. The van der Waals surface area contributed by atoms with Crippen molar-refractivity contribution in [3.05, 3.63) is 48.0 Å². The Morgan fingerprint density at radius 2 is 1.55 bits per heavy atom. The molecule has 0 fully saturated rings. The van der Waals surface area contributed by atoms with Gasteiger partial charge in [0.2, 0.25) is 11.8 Å². The van der Waals surface area contributed by atoms with Gasteiger partial charge in [0.15, 0.2) is 0 Å². The van der Waals surface area contributed by atoms with Crippen molar-refractivity contribution in [1.29, 1.82) is 0 Å². The fraction of sp³-hybridized carbons (Fsp3) is 0.364. The van der Waals surface area contributed by atoms with Crippen molar-refractivity contribution >= 4 is 28.9 Å². The number of carbonyl (C=O) groups is 2. The quantitative estimate of drug-likeness (QED) is 0.500. The van der Waals surface area contributed by atoms with Crippen LogP contribution in [-0.4, -0.2) is 38.2 Å². The molecule has 0 atom stereocenters. The van der Waals surface area contributed by atoms with Crippen LogP contribution in [-0.2, 0) is 14.3 Å². The first kappa shape index (κ1) is 22.2. The van der Waals surface area contributed by atoms with Gasteiger partial charge >= 0.3 is 0 Å². The molecule has 0 spiro atoms. The second-order valence-electron chi connectivity index (χ2n) is 6.35. The normalized spacial score (nSPS) is 10.3. The number of amides is 2. The van der Waals surface area contributed by atoms with Crippen molar-refractivity contribution < 1.29 is 19.1 Å². The van der Waals surface area contributed by atoms with E-state index in [1.165, 1.54) is 0 Å². The molecule has 0 aliphatic carbocycles. The van der Waals surface area contributed by atoms with Crippen LogP contribution >= 0.6 is 0 Å². The highest BCUT2D eigenvalue weighted by Crippen LogP contribution is 2.23. The van der Waals surface area contributed by atoms with E-state index in [2.05, 4.69) is 16.0 Å². The molecule has 0 saturated carbocycles. The van der Waals surface area contributed by atoms with Gasteiger partial charge in [0.05, 0.1) is 13.2 Å². The first-order valence-electron chi connectivity index (χ1n) is 9.77. The summed E-state index contributed by atoms with van der Waals surface area (Å²) in [6.07, 6.45) is 0.399. The van der Waals surface area contributed by atoms with E-state index in [1.54, 1.807) is 13.0 Å². The van der Waals surface area contributed by atoms with Crippen LogP contribution in [0, 0.1) is 6.92 Å². The topological polar surface area (TPSA) is 88.7 Å². The number of carbonyl (C=O) groups excluding carboxylic acids is 2. The predicted molar refractivity (Wildman–Crippen MR) is 116 cm³/mol. The fourth-order valence-electron chi connectivity index (χ4n) is 2.55. The summed E-state index contributed by atoms with van der Waals surface area (Å²) < 4.78 is 10.8. The molecule has 0 aromatic heterocycles. The van der Waals surface area contributed by atoms with E-state index >= 15 is 0 Å². The molecular formula is C22H29N3O4. The third kappa shape index (κ3) is 7.46. The highest BCUT2D eigenvalue weighted by atomic mass is 16.5. The van der Waals surface area contributed by atoms with Gasteiger partial charge in [-0.05, 0) is 55.8 Å². The van der Waals surface area contributed by atoms with Gasteiger partial charge in [-0.15, -0.1) is 0 Å². The average molecular weight is 399 g/mol. The van der Waals surface area contributed by atoms with E-state index in [4.69, 9.17) is 9.47 Å². The molecule has 7 heteroatoms. The Labute approximate surface area is 171 Å². The number of hydrogen-bond acceptors (Lipinski definition) is 5. The van der Waals surface area contributed by atoms with E-state index < -0.39 is 0 Å². The second-order valence-corrected chi connectivity index (χ2v) is 6.35. The number of rotatable bonds is 11. The van der Waals surface area contributed by atoms with Gasteiger partial charge < -0.3 is 25.4 Å². The third-order valence-electron chi connectivity index (χ3n) is 4.21. The fourth-order valence-corrected chi connectivity index (χ4v) is 2.55. The molecule has 7 nitrogen and oxygen atoms in total. The molecule has 2 aromatic rings. The minimum Gasteiger partial charge on any atom is -0.491 e. The molecule has 29 heavy (non-hydrogen) atoms. The van der Waals surface area contributed by atoms with E-state index in [0.29, 0.717) is 37.6 Å². The zero-order chi connectivity index (χ0) is 21.1. The Morgan fingerprint density at radius 3 is 2.17 bits per heavy atom. The summed E-state index contributed by atoms with van der Waals surface area (Å²) in [4.78, 5) is 23.9. The average Bonchev–Trinajstić information content (AvgIpc) is 2.73. The minimum atomic E-state index is -0.177. The summed E-state index contributed by atoms with van der Waals surface area (Å²) in [6.45, 7) is 7.44. The van der Waals surface area contributed by atoms with Gasteiger partial charge in [0.25, 0.3) is 0 Å². The van der Waals surface area contributed by atoms with Gasteiger partial charge in [-0.25, -0.2) is 0 Å². The third-order valence-corrected chi connectivity index (χ3v) is 4.21. The molecule has 0 bridgehead atoms. The molecular weight excluding hydrogens is 370 g/mol. The smallest absolute Gasteiger partial charge is 0.243 e. The van der Waals surface area contributed by atoms with E-state index in [0.717, 1.165) is 17.0 Å². The van der Waals surface area contributed by atoms with Crippen LogP contribution < -0.4 is 20.7 Å². The van der Waals surface area contributed by atoms with Crippen molar-refractivity contribution in [1.82, 2.24) is 0 Å². The largest absolute Gasteiger partial charge is 0.491 e. The van der Waals surface area contributed by atoms with Crippen LogP contribution in [0.1, 0.15) is 25.8 Å². The number of ether oxygens (including phenoxy) is 2. The van der Waals surface area contributed by atoms with Crippen LogP contribution in [0.5, 0.6) is 5.75 Å². The molecule has 2 rings (SSSR count). The summed E-state index contributed by atoms with van der Waals surface area (Å²) in [5, 5.41) is 8.79. The van der Waals surface area contributed by atoms with Crippen LogP contribution in [0.25, 0.3) is 0 Å². The lowest BCUT2D eigenvalue weighted by Crippen LogP contribution is -2.22. The lowest BCUT2D eigenvalue weighted by atomic mass is 10.1. The van der Waals surface area contributed by atoms with E-state index in [9.17, 15) is 9.59 Å². The zero-order valence-electron chi connectivity index (χ0n) is 17.2. The lowest BCUT2D eigenvalue weighted by Gasteiger charge is -2.14. The molecule has 0 aliphatic rings. The monoisotopic (exact) mass is 399 g/mol. The molecule has 0 saturated heterocycles. The molecule has 0 heterocycles. The van der Waals surface area contributed by atoms with E-state index in [-0.39, 0.29) is 18.4 Å². The first-order chi connectivity index (χ1) is 14.0. The summed E-state index contributed by atoms with van der Waals surface area (Å²) >= 11 is 0. The molecule has 3 N–H and O–H groups in total. The summed E-state index contributed by atoms with van der Waals surface area (Å²) in [7, 11) is 0.